The minimum Gasteiger partial charge on any atom is -0.374 e. The summed E-state index contributed by atoms with van der Waals surface area (Å²) in [5.74, 6) is 0.0590. The van der Waals surface area contributed by atoms with Crippen LogP contribution in [0.25, 0.3) is 0 Å². The summed E-state index contributed by atoms with van der Waals surface area (Å²) in [7, 11) is 3.46. The Morgan fingerprint density at radius 2 is 2.21 bits per heavy atom. The van der Waals surface area contributed by atoms with Crippen LogP contribution in [-0.4, -0.2) is 40.3 Å². The Morgan fingerprint density at radius 1 is 1.57 bits per heavy atom. The number of nitrogen functional groups attached to an aromatic ring is 1. The van der Waals surface area contributed by atoms with Gasteiger partial charge in [-0.2, -0.15) is 0 Å². The number of hydrogen-bond acceptors (Lipinski definition) is 6. The van der Waals surface area contributed by atoms with E-state index in [0.29, 0.717) is 5.13 Å². The smallest absolute Gasteiger partial charge is 0.235 e. The van der Waals surface area contributed by atoms with Crippen LogP contribution in [0, 0.1) is 0 Å². The monoisotopic (exact) mass is 232 g/mol. The van der Waals surface area contributed by atoms with Crippen molar-refractivity contribution in [2.45, 2.75) is 16.5 Å². The number of hydrogen-bond donors (Lipinski definition) is 1. The molecular formula is C7H12N4OS2. The highest BCUT2D eigenvalue weighted by molar-refractivity contribution is 8.02. The molecule has 1 aromatic rings. The molecule has 1 amide bonds. The predicted molar refractivity (Wildman–Crippen MR) is 58.3 cm³/mol. The van der Waals surface area contributed by atoms with Crippen LogP contribution < -0.4 is 5.73 Å². The van der Waals surface area contributed by atoms with Gasteiger partial charge in [0.05, 0.1) is 5.25 Å². The topological polar surface area (TPSA) is 72.1 Å². The third kappa shape index (κ3) is 2.85. The number of carbonyl (C=O) groups is 1. The van der Waals surface area contributed by atoms with E-state index < -0.39 is 0 Å². The van der Waals surface area contributed by atoms with E-state index in [-0.39, 0.29) is 11.2 Å². The van der Waals surface area contributed by atoms with E-state index in [0.717, 1.165) is 4.34 Å². The van der Waals surface area contributed by atoms with Crippen molar-refractivity contribution in [2.75, 3.05) is 19.8 Å². The molecule has 2 N–H and O–H groups in total. The highest BCUT2D eigenvalue weighted by Crippen LogP contribution is 2.27. The summed E-state index contributed by atoms with van der Waals surface area (Å²) in [5, 5.41) is 7.78. The Kier molecular flexibility index (Phi) is 3.70. The first-order chi connectivity index (χ1) is 6.50. The molecule has 14 heavy (non-hydrogen) atoms. The molecule has 0 saturated heterocycles. The first-order valence-electron chi connectivity index (χ1n) is 3.97. The van der Waals surface area contributed by atoms with E-state index in [1.165, 1.54) is 23.1 Å². The Hall–Kier alpha value is -0.820. The zero-order valence-electron chi connectivity index (χ0n) is 8.22. The van der Waals surface area contributed by atoms with E-state index in [2.05, 4.69) is 10.2 Å². The molecule has 0 aliphatic carbocycles. The van der Waals surface area contributed by atoms with Gasteiger partial charge in [0.2, 0.25) is 11.0 Å². The molecule has 1 heterocycles. The maximum Gasteiger partial charge on any atom is 0.235 e. The van der Waals surface area contributed by atoms with Gasteiger partial charge in [-0.25, -0.2) is 0 Å². The minimum absolute atomic E-state index is 0.0590. The van der Waals surface area contributed by atoms with Gasteiger partial charge in [0.25, 0.3) is 0 Å². The maximum atomic E-state index is 11.5. The third-order valence-electron chi connectivity index (χ3n) is 1.49. The maximum absolute atomic E-state index is 11.5. The van der Waals surface area contributed by atoms with Crippen molar-refractivity contribution in [3.05, 3.63) is 0 Å². The predicted octanol–water partition coefficient (Wildman–Crippen LogP) is 0.689. The Morgan fingerprint density at radius 3 is 2.64 bits per heavy atom. The standard InChI is InChI=1S/C7H12N4OS2/c1-4(5(12)11(2)3)13-7-10-9-6(8)14-7/h4H,1-3H3,(H2,8,9). The van der Waals surface area contributed by atoms with Crippen molar-refractivity contribution in [1.29, 1.82) is 0 Å². The lowest BCUT2D eigenvalue weighted by molar-refractivity contribution is -0.127. The molecule has 5 nitrogen and oxygen atoms in total. The SMILES string of the molecule is CC(Sc1nnc(N)s1)C(=O)N(C)C. The van der Waals surface area contributed by atoms with Gasteiger partial charge < -0.3 is 10.6 Å². The van der Waals surface area contributed by atoms with E-state index in [9.17, 15) is 4.79 Å². The number of carbonyl (C=O) groups excluding carboxylic acids is 1. The van der Waals surface area contributed by atoms with Gasteiger partial charge in [-0.15, -0.1) is 10.2 Å². The number of rotatable bonds is 3. The third-order valence-corrected chi connectivity index (χ3v) is 3.41. The second-order valence-electron chi connectivity index (χ2n) is 2.90. The molecule has 1 rings (SSSR count). The number of nitrogens with two attached hydrogens (primary N) is 1. The quantitative estimate of drug-likeness (QED) is 0.776. The Labute approximate surface area is 90.7 Å². The zero-order valence-corrected chi connectivity index (χ0v) is 9.85. The van der Waals surface area contributed by atoms with Crippen LogP contribution in [0.1, 0.15) is 6.92 Å². The highest BCUT2D eigenvalue weighted by atomic mass is 32.2. The summed E-state index contributed by atoms with van der Waals surface area (Å²) in [5.41, 5.74) is 5.43. The van der Waals surface area contributed by atoms with Gasteiger partial charge in [0.1, 0.15) is 0 Å². The average Bonchev–Trinajstić information content (AvgIpc) is 2.49. The Bertz CT molecular complexity index is 325. The van der Waals surface area contributed by atoms with E-state index in [1.807, 2.05) is 6.92 Å². The van der Waals surface area contributed by atoms with Crippen LogP contribution in [0.15, 0.2) is 4.34 Å². The number of aromatic nitrogens is 2. The molecule has 0 bridgehead atoms. The summed E-state index contributed by atoms with van der Waals surface area (Å²) < 4.78 is 0.727. The molecule has 0 spiro atoms. The molecule has 0 aromatic carbocycles. The second kappa shape index (κ2) is 4.61. The number of thioether (sulfide) groups is 1. The van der Waals surface area contributed by atoms with E-state index in [4.69, 9.17) is 5.73 Å². The molecule has 0 radical (unpaired) electrons. The normalized spacial score (nSPS) is 12.5. The number of nitrogens with zero attached hydrogens (tertiary/aromatic N) is 3. The molecule has 7 heteroatoms. The molecule has 78 valence electrons. The first kappa shape index (κ1) is 11.3. The van der Waals surface area contributed by atoms with Gasteiger partial charge in [-0.1, -0.05) is 23.1 Å². The molecule has 0 aliphatic rings. The van der Waals surface area contributed by atoms with Crippen LogP contribution in [0.3, 0.4) is 0 Å². The lowest BCUT2D eigenvalue weighted by Crippen LogP contribution is -2.29. The molecule has 0 saturated carbocycles. The fourth-order valence-electron chi connectivity index (χ4n) is 0.833. The van der Waals surface area contributed by atoms with Crippen molar-refractivity contribution in [1.82, 2.24) is 15.1 Å². The van der Waals surface area contributed by atoms with Crippen molar-refractivity contribution < 1.29 is 4.79 Å². The summed E-state index contributed by atoms with van der Waals surface area (Å²) in [6, 6.07) is 0. The van der Waals surface area contributed by atoms with Crippen molar-refractivity contribution in [3.63, 3.8) is 0 Å². The largest absolute Gasteiger partial charge is 0.374 e. The molecule has 1 unspecified atom stereocenters. The van der Waals surface area contributed by atoms with Crippen LogP contribution in [0.2, 0.25) is 0 Å². The molecule has 0 aliphatic heterocycles. The summed E-state index contributed by atoms with van der Waals surface area (Å²) in [4.78, 5) is 13.0. The van der Waals surface area contributed by atoms with Gasteiger partial charge in [0.15, 0.2) is 4.34 Å². The molecule has 1 atom stereocenters. The summed E-state index contributed by atoms with van der Waals surface area (Å²) in [6.45, 7) is 1.84. The zero-order chi connectivity index (χ0) is 10.7. The second-order valence-corrected chi connectivity index (χ2v) is 5.50. The highest BCUT2D eigenvalue weighted by Gasteiger charge is 2.17. The number of amides is 1. The first-order valence-corrected chi connectivity index (χ1v) is 5.67. The van der Waals surface area contributed by atoms with Crippen LogP contribution in [-0.2, 0) is 4.79 Å². The molecular weight excluding hydrogens is 220 g/mol. The molecule has 0 fully saturated rings. The van der Waals surface area contributed by atoms with E-state index >= 15 is 0 Å². The summed E-state index contributed by atoms with van der Waals surface area (Å²) in [6.07, 6.45) is 0. The van der Waals surface area contributed by atoms with Crippen LogP contribution in [0.5, 0.6) is 0 Å². The molecule has 1 aromatic heterocycles. The van der Waals surface area contributed by atoms with E-state index in [1.54, 1.807) is 19.0 Å². The van der Waals surface area contributed by atoms with Crippen LogP contribution >= 0.6 is 23.1 Å². The lowest BCUT2D eigenvalue weighted by atomic mass is 10.4. The average molecular weight is 232 g/mol. The fraction of sp³-hybridized carbons (Fsp3) is 0.571. The van der Waals surface area contributed by atoms with Crippen molar-refractivity contribution >= 4 is 34.1 Å². The van der Waals surface area contributed by atoms with Gasteiger partial charge in [-0.05, 0) is 6.92 Å². The fourth-order valence-corrected chi connectivity index (χ4v) is 2.76. The van der Waals surface area contributed by atoms with Crippen molar-refractivity contribution in [2.24, 2.45) is 0 Å². The van der Waals surface area contributed by atoms with Crippen molar-refractivity contribution in [3.8, 4) is 0 Å². The van der Waals surface area contributed by atoms with Crippen LogP contribution in [0.4, 0.5) is 5.13 Å². The summed E-state index contributed by atoms with van der Waals surface area (Å²) >= 11 is 2.67. The Balaban J connectivity index is 2.57. The number of anilines is 1. The van der Waals surface area contributed by atoms with Gasteiger partial charge >= 0.3 is 0 Å². The van der Waals surface area contributed by atoms with Gasteiger partial charge in [-0.3, -0.25) is 4.79 Å². The lowest BCUT2D eigenvalue weighted by Gasteiger charge is -2.14. The van der Waals surface area contributed by atoms with Gasteiger partial charge in [0, 0.05) is 14.1 Å². The minimum atomic E-state index is -0.155.